The highest BCUT2D eigenvalue weighted by molar-refractivity contribution is 5.61. The van der Waals surface area contributed by atoms with Crippen molar-refractivity contribution < 1.29 is 14.3 Å². The zero-order valence-electron chi connectivity index (χ0n) is 10.9. The number of rotatable bonds is 3. The highest BCUT2D eigenvalue weighted by Crippen LogP contribution is 2.31. The van der Waals surface area contributed by atoms with Crippen LogP contribution in [0, 0.1) is 11.8 Å². The summed E-state index contributed by atoms with van der Waals surface area (Å²) in [5.41, 5.74) is -0.584. The largest absolute Gasteiger partial charge is 0.509 e. The Balaban J connectivity index is 2.62. The molecule has 0 aliphatic heterocycles. The minimum atomic E-state index is -0.614. The number of carbonyl (C=O) groups is 1. The second-order valence-electron chi connectivity index (χ2n) is 4.52. The van der Waals surface area contributed by atoms with Crippen LogP contribution in [0.2, 0.25) is 0 Å². The quantitative estimate of drug-likeness (QED) is 0.427. The Hall–Kier alpha value is -1.17. The fourth-order valence-corrected chi connectivity index (χ4v) is 2.07. The molecule has 1 rings (SSSR count). The lowest BCUT2D eigenvalue weighted by Crippen LogP contribution is -2.35. The standard InChI is InChI=1S/C14H22O3/c1-3-4-5-7-10-14(17-13(15)16-2)11-8-6-9-12-14/h3-6,8-9,11-12H2,1-2H3. The lowest BCUT2D eigenvalue weighted by molar-refractivity contribution is -0.0135. The van der Waals surface area contributed by atoms with Crippen LogP contribution < -0.4 is 0 Å². The second-order valence-corrected chi connectivity index (χ2v) is 4.52. The molecule has 1 aliphatic carbocycles. The molecule has 1 saturated carbocycles. The maximum Gasteiger partial charge on any atom is 0.509 e. The second kappa shape index (κ2) is 7.21. The Labute approximate surface area is 104 Å². The maximum atomic E-state index is 11.3. The number of methoxy groups -OCH3 is 1. The third kappa shape index (κ3) is 4.68. The summed E-state index contributed by atoms with van der Waals surface area (Å²) in [6, 6.07) is 0. The van der Waals surface area contributed by atoms with Gasteiger partial charge in [-0.3, -0.25) is 0 Å². The summed E-state index contributed by atoms with van der Waals surface area (Å²) in [4.78, 5) is 11.3. The molecule has 1 aliphatic rings. The van der Waals surface area contributed by atoms with Crippen LogP contribution in [0.1, 0.15) is 58.3 Å². The summed E-state index contributed by atoms with van der Waals surface area (Å²) in [5.74, 6) is 6.31. The number of unbranched alkanes of at least 4 members (excludes halogenated alkanes) is 2. The van der Waals surface area contributed by atoms with Crippen molar-refractivity contribution in [3.05, 3.63) is 0 Å². The van der Waals surface area contributed by atoms with Gasteiger partial charge in [0.2, 0.25) is 0 Å². The summed E-state index contributed by atoms with van der Waals surface area (Å²) in [5, 5.41) is 0. The van der Waals surface area contributed by atoms with Gasteiger partial charge in [-0.05, 0) is 32.1 Å². The zero-order valence-corrected chi connectivity index (χ0v) is 10.9. The van der Waals surface area contributed by atoms with Crippen LogP contribution in [0.3, 0.4) is 0 Å². The fourth-order valence-electron chi connectivity index (χ4n) is 2.07. The summed E-state index contributed by atoms with van der Waals surface area (Å²) in [7, 11) is 1.34. The van der Waals surface area contributed by atoms with E-state index in [0.717, 1.165) is 44.9 Å². The van der Waals surface area contributed by atoms with Gasteiger partial charge in [-0.15, -0.1) is 0 Å². The predicted molar refractivity (Wildman–Crippen MR) is 66.6 cm³/mol. The van der Waals surface area contributed by atoms with Gasteiger partial charge in [0.25, 0.3) is 0 Å². The van der Waals surface area contributed by atoms with Crippen LogP contribution >= 0.6 is 0 Å². The average Bonchev–Trinajstić information content (AvgIpc) is 2.36. The van der Waals surface area contributed by atoms with E-state index in [9.17, 15) is 4.79 Å². The Bertz CT molecular complexity index is 292. The number of carbonyl (C=O) groups excluding carboxylic acids is 1. The molecule has 0 spiro atoms. The topological polar surface area (TPSA) is 35.5 Å². The Morgan fingerprint density at radius 2 is 2.00 bits per heavy atom. The van der Waals surface area contributed by atoms with Gasteiger partial charge < -0.3 is 9.47 Å². The molecule has 0 unspecified atom stereocenters. The molecule has 0 amide bonds. The van der Waals surface area contributed by atoms with Crippen molar-refractivity contribution in [2.24, 2.45) is 0 Å². The molecule has 3 heteroatoms. The smallest absolute Gasteiger partial charge is 0.438 e. The van der Waals surface area contributed by atoms with E-state index in [2.05, 4.69) is 23.5 Å². The van der Waals surface area contributed by atoms with E-state index in [-0.39, 0.29) is 0 Å². The van der Waals surface area contributed by atoms with Gasteiger partial charge in [-0.1, -0.05) is 31.6 Å². The summed E-state index contributed by atoms with van der Waals surface area (Å²) in [6.45, 7) is 2.14. The minimum Gasteiger partial charge on any atom is -0.438 e. The van der Waals surface area contributed by atoms with E-state index >= 15 is 0 Å². The van der Waals surface area contributed by atoms with Gasteiger partial charge in [-0.25, -0.2) is 4.79 Å². The molecule has 0 bridgehead atoms. The summed E-state index contributed by atoms with van der Waals surface area (Å²) < 4.78 is 9.95. The average molecular weight is 238 g/mol. The van der Waals surface area contributed by atoms with Crippen molar-refractivity contribution in [1.82, 2.24) is 0 Å². The normalized spacial score (nSPS) is 17.8. The number of hydrogen-bond donors (Lipinski definition) is 0. The first-order valence-electron chi connectivity index (χ1n) is 6.49. The number of hydrogen-bond acceptors (Lipinski definition) is 3. The van der Waals surface area contributed by atoms with E-state index in [4.69, 9.17) is 4.74 Å². The molecule has 17 heavy (non-hydrogen) atoms. The first-order chi connectivity index (χ1) is 8.22. The molecule has 3 nitrogen and oxygen atoms in total. The van der Waals surface area contributed by atoms with Crippen LogP contribution in [0.4, 0.5) is 4.79 Å². The van der Waals surface area contributed by atoms with E-state index in [0.29, 0.717) is 0 Å². The van der Waals surface area contributed by atoms with Crippen LogP contribution in [0.5, 0.6) is 0 Å². The fraction of sp³-hybridized carbons (Fsp3) is 0.786. The monoisotopic (exact) mass is 238 g/mol. The lowest BCUT2D eigenvalue weighted by atomic mass is 9.85. The van der Waals surface area contributed by atoms with Crippen molar-refractivity contribution in [1.29, 1.82) is 0 Å². The highest BCUT2D eigenvalue weighted by Gasteiger charge is 2.34. The molecule has 0 heterocycles. The molecule has 96 valence electrons. The molecule has 0 N–H and O–H groups in total. The van der Waals surface area contributed by atoms with Crippen LogP contribution in [-0.4, -0.2) is 18.9 Å². The van der Waals surface area contributed by atoms with Gasteiger partial charge >= 0.3 is 6.16 Å². The Kier molecular flexibility index (Phi) is 5.90. The third-order valence-electron chi connectivity index (χ3n) is 3.08. The molecule has 0 saturated heterocycles. The van der Waals surface area contributed by atoms with Crippen molar-refractivity contribution in [3.8, 4) is 11.8 Å². The van der Waals surface area contributed by atoms with Crippen molar-refractivity contribution >= 4 is 6.16 Å². The van der Waals surface area contributed by atoms with Gasteiger partial charge in [0.15, 0.2) is 5.60 Å². The van der Waals surface area contributed by atoms with Crippen molar-refractivity contribution in [2.45, 2.75) is 63.9 Å². The Morgan fingerprint density at radius 3 is 2.59 bits per heavy atom. The van der Waals surface area contributed by atoms with E-state index < -0.39 is 11.8 Å². The lowest BCUT2D eigenvalue weighted by Gasteiger charge is -2.31. The maximum absolute atomic E-state index is 11.3. The minimum absolute atomic E-state index is 0.584. The molecular formula is C14H22O3. The van der Waals surface area contributed by atoms with E-state index in [1.165, 1.54) is 13.5 Å². The first-order valence-corrected chi connectivity index (χ1v) is 6.49. The van der Waals surface area contributed by atoms with Gasteiger partial charge in [0.05, 0.1) is 7.11 Å². The molecule has 0 atom stereocenters. The van der Waals surface area contributed by atoms with Crippen LogP contribution in [0.25, 0.3) is 0 Å². The first kappa shape index (κ1) is 13.9. The molecule has 0 aromatic carbocycles. The van der Waals surface area contributed by atoms with Gasteiger partial charge in [-0.2, -0.15) is 0 Å². The van der Waals surface area contributed by atoms with Gasteiger partial charge in [0, 0.05) is 6.42 Å². The molecular weight excluding hydrogens is 216 g/mol. The Morgan fingerprint density at radius 1 is 1.29 bits per heavy atom. The zero-order chi connectivity index (χ0) is 12.6. The molecule has 0 radical (unpaired) electrons. The summed E-state index contributed by atoms with van der Waals surface area (Å²) >= 11 is 0. The summed E-state index contributed by atoms with van der Waals surface area (Å²) in [6.07, 6.45) is 7.50. The molecule has 0 aromatic rings. The SMILES string of the molecule is CCCCC#CC1(OC(=O)OC)CCCCC1. The molecule has 0 aromatic heterocycles. The van der Waals surface area contributed by atoms with Crippen molar-refractivity contribution in [2.75, 3.05) is 7.11 Å². The van der Waals surface area contributed by atoms with E-state index in [1.807, 2.05) is 0 Å². The van der Waals surface area contributed by atoms with Crippen LogP contribution in [0.15, 0.2) is 0 Å². The number of ether oxygens (including phenoxy) is 2. The van der Waals surface area contributed by atoms with Crippen LogP contribution in [-0.2, 0) is 9.47 Å². The molecule has 1 fully saturated rings. The third-order valence-corrected chi connectivity index (χ3v) is 3.08. The predicted octanol–water partition coefficient (Wildman–Crippen LogP) is 3.67. The van der Waals surface area contributed by atoms with E-state index in [1.54, 1.807) is 0 Å². The highest BCUT2D eigenvalue weighted by atomic mass is 16.7. The van der Waals surface area contributed by atoms with Crippen molar-refractivity contribution in [3.63, 3.8) is 0 Å². The van der Waals surface area contributed by atoms with Gasteiger partial charge in [0.1, 0.15) is 0 Å².